The van der Waals surface area contributed by atoms with Gasteiger partial charge in [0, 0.05) is 24.5 Å². The Morgan fingerprint density at radius 1 is 1.06 bits per heavy atom. The van der Waals surface area contributed by atoms with Crippen LogP contribution in [0.5, 0.6) is 5.75 Å². The molecule has 3 aromatic rings. The van der Waals surface area contributed by atoms with E-state index in [4.69, 9.17) is 4.43 Å². The number of amides is 2. The molecule has 0 radical (unpaired) electrons. The summed E-state index contributed by atoms with van der Waals surface area (Å²) in [7, 11) is -0.274. The number of aromatic nitrogens is 2. The van der Waals surface area contributed by atoms with Crippen molar-refractivity contribution in [2.75, 3.05) is 17.7 Å². The first-order valence-electron chi connectivity index (χ1n) is 10.7. The van der Waals surface area contributed by atoms with Crippen molar-refractivity contribution in [1.29, 1.82) is 0 Å². The van der Waals surface area contributed by atoms with Gasteiger partial charge in [0.05, 0.1) is 5.69 Å². The van der Waals surface area contributed by atoms with Gasteiger partial charge in [0.2, 0.25) is 8.32 Å². The standard InChI is InChI=1S/C24H33N5O2Si/c1-16-14-18(26-23(30)25-5)10-13-20(16)27-22-15-21(28-29-22)17-8-11-19(12-9-17)31-32(6,7)24(2,3)4/h8-15H,1-7H3,(H2,25,26,30)(H2,27,28,29). The Morgan fingerprint density at radius 3 is 2.34 bits per heavy atom. The molecule has 0 saturated heterocycles. The monoisotopic (exact) mass is 451 g/mol. The Balaban J connectivity index is 1.69. The van der Waals surface area contributed by atoms with Gasteiger partial charge in [-0.1, -0.05) is 20.8 Å². The van der Waals surface area contributed by atoms with E-state index < -0.39 is 8.32 Å². The highest BCUT2D eigenvalue weighted by molar-refractivity contribution is 6.74. The van der Waals surface area contributed by atoms with Crippen LogP contribution in [0.1, 0.15) is 26.3 Å². The number of rotatable bonds is 6. The minimum atomic E-state index is -1.86. The van der Waals surface area contributed by atoms with Crippen LogP contribution < -0.4 is 20.4 Å². The normalized spacial score (nSPS) is 11.7. The minimum Gasteiger partial charge on any atom is -0.544 e. The van der Waals surface area contributed by atoms with Gasteiger partial charge in [0.15, 0.2) is 5.82 Å². The molecule has 2 aromatic carbocycles. The molecule has 170 valence electrons. The van der Waals surface area contributed by atoms with Crippen molar-refractivity contribution in [1.82, 2.24) is 15.5 Å². The summed E-state index contributed by atoms with van der Waals surface area (Å²) in [6.45, 7) is 13.2. The van der Waals surface area contributed by atoms with Gasteiger partial charge in [-0.05, 0) is 78.6 Å². The van der Waals surface area contributed by atoms with Gasteiger partial charge in [-0.3, -0.25) is 5.10 Å². The lowest BCUT2D eigenvalue weighted by Crippen LogP contribution is -2.43. The summed E-state index contributed by atoms with van der Waals surface area (Å²) in [5.41, 5.74) is 4.60. The number of nitrogens with one attached hydrogen (secondary N) is 4. The van der Waals surface area contributed by atoms with Crippen molar-refractivity contribution in [2.45, 2.75) is 45.8 Å². The molecule has 8 heteroatoms. The van der Waals surface area contributed by atoms with Crippen LogP contribution in [0, 0.1) is 6.92 Å². The fraction of sp³-hybridized carbons (Fsp3) is 0.333. The summed E-state index contributed by atoms with van der Waals surface area (Å²) >= 11 is 0. The number of hydrogen-bond donors (Lipinski definition) is 4. The van der Waals surface area contributed by atoms with Crippen molar-refractivity contribution >= 4 is 31.5 Å². The third-order valence-electron chi connectivity index (χ3n) is 5.90. The Kier molecular flexibility index (Phi) is 6.64. The van der Waals surface area contributed by atoms with Crippen molar-refractivity contribution in [3.05, 3.63) is 54.1 Å². The van der Waals surface area contributed by atoms with Crippen LogP contribution in [0.25, 0.3) is 11.3 Å². The molecule has 0 atom stereocenters. The van der Waals surface area contributed by atoms with E-state index in [0.29, 0.717) is 0 Å². The maximum Gasteiger partial charge on any atom is 0.318 e. The summed E-state index contributed by atoms with van der Waals surface area (Å²) in [6, 6.07) is 15.5. The zero-order valence-corrected chi connectivity index (χ0v) is 20.9. The average molecular weight is 452 g/mol. The third kappa shape index (κ3) is 5.50. The van der Waals surface area contributed by atoms with E-state index in [1.807, 2.05) is 55.5 Å². The third-order valence-corrected chi connectivity index (χ3v) is 10.3. The number of aromatic amines is 1. The number of aryl methyl sites for hydroxylation is 1. The van der Waals surface area contributed by atoms with Crippen LogP contribution in [0.15, 0.2) is 48.5 Å². The molecule has 1 heterocycles. The molecule has 3 rings (SSSR count). The predicted molar refractivity (Wildman–Crippen MR) is 134 cm³/mol. The molecular formula is C24H33N5O2Si. The SMILES string of the molecule is CNC(=O)Nc1ccc(Nc2cc(-c3ccc(O[Si](C)(C)C(C)(C)C)cc3)[nH]n2)c(C)c1. The highest BCUT2D eigenvalue weighted by Crippen LogP contribution is 2.37. The molecule has 0 aliphatic carbocycles. The highest BCUT2D eigenvalue weighted by atomic mass is 28.4. The Hall–Kier alpha value is -3.26. The van der Waals surface area contributed by atoms with E-state index in [1.165, 1.54) is 0 Å². The molecule has 2 amide bonds. The second kappa shape index (κ2) is 9.08. The van der Waals surface area contributed by atoms with E-state index in [0.717, 1.165) is 39.8 Å². The minimum absolute atomic E-state index is 0.157. The number of benzene rings is 2. The molecule has 32 heavy (non-hydrogen) atoms. The van der Waals surface area contributed by atoms with E-state index in [-0.39, 0.29) is 11.1 Å². The fourth-order valence-corrected chi connectivity index (χ4v) is 3.93. The van der Waals surface area contributed by atoms with Gasteiger partial charge in [-0.15, -0.1) is 0 Å². The molecule has 0 saturated carbocycles. The topological polar surface area (TPSA) is 91.1 Å². The summed E-state index contributed by atoms with van der Waals surface area (Å²) in [4.78, 5) is 11.5. The van der Waals surface area contributed by atoms with E-state index in [1.54, 1.807) is 7.05 Å². The first-order chi connectivity index (χ1) is 15.0. The maximum atomic E-state index is 11.5. The van der Waals surface area contributed by atoms with Gasteiger partial charge in [-0.25, -0.2) is 4.79 Å². The van der Waals surface area contributed by atoms with Crippen LogP contribution in [0.2, 0.25) is 18.1 Å². The van der Waals surface area contributed by atoms with E-state index >= 15 is 0 Å². The highest BCUT2D eigenvalue weighted by Gasteiger charge is 2.38. The van der Waals surface area contributed by atoms with Gasteiger partial charge >= 0.3 is 6.03 Å². The Morgan fingerprint density at radius 2 is 1.75 bits per heavy atom. The van der Waals surface area contributed by atoms with Crippen molar-refractivity contribution in [2.24, 2.45) is 0 Å². The van der Waals surface area contributed by atoms with Gasteiger partial charge < -0.3 is 20.4 Å². The number of H-pyrrole nitrogens is 1. The Bertz CT molecular complexity index is 1080. The molecule has 0 spiro atoms. The predicted octanol–water partition coefficient (Wildman–Crippen LogP) is 6.26. The van der Waals surface area contributed by atoms with Crippen molar-refractivity contribution in [3.63, 3.8) is 0 Å². The van der Waals surface area contributed by atoms with Crippen LogP contribution in [0.4, 0.5) is 22.0 Å². The van der Waals surface area contributed by atoms with Gasteiger partial charge in [0.1, 0.15) is 5.75 Å². The first kappa shape index (κ1) is 23.4. The smallest absolute Gasteiger partial charge is 0.318 e. The summed E-state index contributed by atoms with van der Waals surface area (Å²) in [5, 5.41) is 16.3. The lowest BCUT2D eigenvalue weighted by molar-refractivity contribution is 0.254. The molecule has 0 aliphatic rings. The first-order valence-corrected chi connectivity index (χ1v) is 13.6. The van der Waals surface area contributed by atoms with Crippen molar-refractivity contribution < 1.29 is 9.22 Å². The van der Waals surface area contributed by atoms with Crippen LogP contribution in [-0.2, 0) is 0 Å². The number of anilines is 3. The van der Waals surface area contributed by atoms with E-state index in [9.17, 15) is 4.79 Å². The number of nitrogens with zero attached hydrogens (tertiary/aromatic N) is 1. The number of carbonyl (C=O) groups excluding carboxylic acids is 1. The van der Waals surface area contributed by atoms with Crippen LogP contribution >= 0.6 is 0 Å². The largest absolute Gasteiger partial charge is 0.544 e. The summed E-state index contributed by atoms with van der Waals surface area (Å²) in [6.07, 6.45) is 0. The molecule has 0 bridgehead atoms. The molecule has 7 nitrogen and oxygen atoms in total. The second-order valence-corrected chi connectivity index (χ2v) is 14.1. The molecule has 4 N–H and O–H groups in total. The molecule has 0 fully saturated rings. The zero-order chi connectivity index (χ0) is 23.5. The quantitative estimate of drug-likeness (QED) is 0.333. The van der Waals surface area contributed by atoms with Gasteiger partial charge in [-0.2, -0.15) is 5.10 Å². The second-order valence-electron chi connectivity index (χ2n) is 9.41. The maximum absolute atomic E-state index is 11.5. The molecule has 0 aliphatic heterocycles. The molecular weight excluding hydrogens is 418 g/mol. The van der Waals surface area contributed by atoms with Crippen LogP contribution in [-0.4, -0.2) is 31.6 Å². The van der Waals surface area contributed by atoms with Crippen molar-refractivity contribution in [3.8, 4) is 17.0 Å². The molecule has 1 aromatic heterocycles. The lowest BCUT2D eigenvalue weighted by atomic mass is 10.1. The number of hydrogen-bond acceptors (Lipinski definition) is 4. The fourth-order valence-electron chi connectivity index (χ4n) is 2.90. The number of carbonyl (C=O) groups is 1. The summed E-state index contributed by atoms with van der Waals surface area (Å²) in [5.74, 6) is 1.62. The molecule has 0 unspecified atom stereocenters. The zero-order valence-electron chi connectivity index (χ0n) is 19.9. The van der Waals surface area contributed by atoms with E-state index in [2.05, 4.69) is 60.0 Å². The lowest BCUT2D eigenvalue weighted by Gasteiger charge is -2.36. The summed E-state index contributed by atoms with van der Waals surface area (Å²) < 4.78 is 6.37. The Labute approximate surface area is 191 Å². The van der Waals surface area contributed by atoms with Crippen LogP contribution in [0.3, 0.4) is 0 Å². The average Bonchev–Trinajstić information content (AvgIpc) is 3.18. The number of urea groups is 1. The van der Waals surface area contributed by atoms with Gasteiger partial charge in [0.25, 0.3) is 0 Å².